The van der Waals surface area contributed by atoms with Crippen molar-refractivity contribution in [3.8, 4) is 0 Å². The minimum atomic E-state index is -0.457. The number of carbonyl (C=O) groups excluding carboxylic acids is 1. The van der Waals surface area contributed by atoms with Crippen molar-refractivity contribution in [2.75, 3.05) is 6.54 Å². The Morgan fingerprint density at radius 1 is 1.32 bits per heavy atom. The molecule has 0 spiro atoms. The largest absolute Gasteiger partial charge is 0.444 e. The molecule has 1 aromatic rings. The van der Waals surface area contributed by atoms with Crippen LogP contribution in [0.25, 0.3) is 0 Å². The number of carbonyl (C=O) groups is 1. The van der Waals surface area contributed by atoms with Gasteiger partial charge in [0.25, 0.3) is 0 Å². The lowest BCUT2D eigenvalue weighted by molar-refractivity contribution is 0.00719. The van der Waals surface area contributed by atoms with Gasteiger partial charge in [-0.1, -0.05) is 12.1 Å². The number of rotatable bonds is 2. The van der Waals surface area contributed by atoms with Crippen LogP contribution < -0.4 is 0 Å². The van der Waals surface area contributed by atoms with Gasteiger partial charge in [-0.05, 0) is 70.6 Å². The van der Waals surface area contributed by atoms with Gasteiger partial charge in [-0.15, -0.1) is 0 Å². The Morgan fingerprint density at radius 3 is 2.50 bits per heavy atom. The van der Waals surface area contributed by atoms with Gasteiger partial charge < -0.3 is 9.64 Å². The summed E-state index contributed by atoms with van der Waals surface area (Å²) in [5.41, 5.74) is 0.700. The molecule has 0 bridgehead atoms. The SMILES string of the molecule is CC1CC(Cc2ccc(F)cc2)CCN1C(=O)OC(C)(C)C. The number of piperidine rings is 1. The molecule has 0 radical (unpaired) electrons. The molecule has 2 atom stereocenters. The van der Waals surface area contributed by atoms with Crippen molar-refractivity contribution in [2.24, 2.45) is 5.92 Å². The van der Waals surface area contributed by atoms with Crippen LogP contribution in [0.1, 0.15) is 46.1 Å². The van der Waals surface area contributed by atoms with Crippen LogP contribution in [0.4, 0.5) is 9.18 Å². The fraction of sp³-hybridized carbons (Fsp3) is 0.611. The zero-order valence-electron chi connectivity index (χ0n) is 13.9. The van der Waals surface area contributed by atoms with E-state index in [1.54, 1.807) is 0 Å². The van der Waals surface area contributed by atoms with E-state index in [1.165, 1.54) is 12.1 Å². The van der Waals surface area contributed by atoms with E-state index < -0.39 is 5.60 Å². The van der Waals surface area contributed by atoms with E-state index in [9.17, 15) is 9.18 Å². The van der Waals surface area contributed by atoms with E-state index in [2.05, 4.69) is 6.92 Å². The molecule has 122 valence electrons. The second-order valence-corrected chi connectivity index (χ2v) is 7.24. The molecule has 4 heteroatoms. The molecular formula is C18H26FNO2. The van der Waals surface area contributed by atoms with Crippen molar-refractivity contribution in [3.63, 3.8) is 0 Å². The minimum absolute atomic E-state index is 0.175. The quantitative estimate of drug-likeness (QED) is 0.810. The van der Waals surface area contributed by atoms with E-state index in [1.807, 2.05) is 37.8 Å². The lowest BCUT2D eigenvalue weighted by atomic mass is 9.87. The number of likely N-dealkylation sites (tertiary alicyclic amines) is 1. The molecule has 0 aromatic heterocycles. The number of halogens is 1. The molecule has 0 saturated carbocycles. The number of benzene rings is 1. The highest BCUT2D eigenvalue weighted by Gasteiger charge is 2.31. The molecule has 1 fully saturated rings. The minimum Gasteiger partial charge on any atom is -0.444 e. The monoisotopic (exact) mass is 307 g/mol. The van der Waals surface area contributed by atoms with Gasteiger partial charge in [0.1, 0.15) is 11.4 Å². The highest BCUT2D eigenvalue weighted by atomic mass is 19.1. The maximum absolute atomic E-state index is 12.9. The lowest BCUT2D eigenvalue weighted by Gasteiger charge is -2.38. The van der Waals surface area contributed by atoms with Crippen LogP contribution in [0.5, 0.6) is 0 Å². The van der Waals surface area contributed by atoms with Gasteiger partial charge in [0, 0.05) is 12.6 Å². The van der Waals surface area contributed by atoms with Crippen LogP contribution >= 0.6 is 0 Å². The smallest absolute Gasteiger partial charge is 0.410 e. The number of hydrogen-bond acceptors (Lipinski definition) is 2. The fourth-order valence-electron chi connectivity index (χ4n) is 3.00. The maximum Gasteiger partial charge on any atom is 0.410 e. The second-order valence-electron chi connectivity index (χ2n) is 7.24. The fourth-order valence-corrected chi connectivity index (χ4v) is 3.00. The Balaban J connectivity index is 1.89. The van der Waals surface area contributed by atoms with Crippen molar-refractivity contribution in [1.29, 1.82) is 0 Å². The Morgan fingerprint density at radius 2 is 1.95 bits per heavy atom. The zero-order valence-corrected chi connectivity index (χ0v) is 13.9. The number of nitrogens with zero attached hydrogens (tertiary/aromatic N) is 1. The lowest BCUT2D eigenvalue weighted by Crippen LogP contribution is -2.47. The third-order valence-electron chi connectivity index (χ3n) is 4.05. The van der Waals surface area contributed by atoms with E-state index in [0.29, 0.717) is 5.92 Å². The third kappa shape index (κ3) is 4.72. The van der Waals surface area contributed by atoms with Crippen molar-refractivity contribution in [1.82, 2.24) is 4.90 Å². The van der Waals surface area contributed by atoms with Crippen LogP contribution in [-0.2, 0) is 11.2 Å². The normalized spacial score (nSPS) is 22.5. The van der Waals surface area contributed by atoms with Gasteiger partial charge in [-0.2, -0.15) is 0 Å². The summed E-state index contributed by atoms with van der Waals surface area (Å²) in [5, 5.41) is 0. The predicted octanol–water partition coefficient (Wildman–Crippen LogP) is 4.40. The second kappa shape index (κ2) is 6.67. The van der Waals surface area contributed by atoms with Gasteiger partial charge >= 0.3 is 6.09 Å². The first kappa shape index (κ1) is 16.8. The third-order valence-corrected chi connectivity index (χ3v) is 4.05. The molecule has 1 aliphatic heterocycles. The van der Waals surface area contributed by atoms with Gasteiger partial charge in [0.05, 0.1) is 0 Å². The van der Waals surface area contributed by atoms with Crippen molar-refractivity contribution in [3.05, 3.63) is 35.6 Å². The number of hydrogen-bond donors (Lipinski definition) is 0. The molecule has 1 amide bonds. The van der Waals surface area contributed by atoms with Crippen molar-refractivity contribution < 1.29 is 13.9 Å². The molecule has 1 saturated heterocycles. The first-order valence-electron chi connectivity index (χ1n) is 7.98. The summed E-state index contributed by atoms with van der Waals surface area (Å²) in [4.78, 5) is 14.0. The Hall–Kier alpha value is -1.58. The Labute approximate surface area is 132 Å². The molecule has 3 nitrogen and oxygen atoms in total. The van der Waals surface area contributed by atoms with Crippen molar-refractivity contribution >= 4 is 6.09 Å². The van der Waals surface area contributed by atoms with E-state index >= 15 is 0 Å². The molecule has 22 heavy (non-hydrogen) atoms. The average molecular weight is 307 g/mol. The Kier molecular flexibility index (Phi) is 5.09. The summed E-state index contributed by atoms with van der Waals surface area (Å²) in [6, 6.07) is 6.89. The molecule has 2 unspecified atom stereocenters. The molecule has 0 N–H and O–H groups in total. The van der Waals surface area contributed by atoms with E-state index in [0.717, 1.165) is 31.4 Å². The van der Waals surface area contributed by atoms with E-state index in [4.69, 9.17) is 4.74 Å². The molecule has 0 aliphatic carbocycles. The summed E-state index contributed by atoms with van der Waals surface area (Å²) in [6.07, 6.45) is 2.63. The first-order chi connectivity index (χ1) is 10.2. The highest BCUT2D eigenvalue weighted by Crippen LogP contribution is 2.27. The van der Waals surface area contributed by atoms with Crippen LogP contribution in [0, 0.1) is 11.7 Å². The summed E-state index contributed by atoms with van der Waals surface area (Å²) in [5.74, 6) is 0.330. The summed E-state index contributed by atoms with van der Waals surface area (Å²) in [6.45, 7) is 8.45. The standard InChI is InChI=1S/C18H26FNO2/c1-13-11-15(12-14-5-7-16(19)8-6-14)9-10-20(13)17(21)22-18(2,3)4/h5-8,13,15H,9-12H2,1-4H3. The highest BCUT2D eigenvalue weighted by molar-refractivity contribution is 5.68. The van der Waals surface area contributed by atoms with Gasteiger partial charge in [0.15, 0.2) is 0 Å². The molecule has 1 aliphatic rings. The van der Waals surface area contributed by atoms with Gasteiger partial charge in [-0.25, -0.2) is 9.18 Å². The van der Waals surface area contributed by atoms with Crippen LogP contribution in [0.3, 0.4) is 0 Å². The van der Waals surface area contributed by atoms with Crippen LogP contribution in [-0.4, -0.2) is 29.2 Å². The number of ether oxygens (including phenoxy) is 1. The number of amides is 1. The van der Waals surface area contributed by atoms with Gasteiger partial charge in [0.2, 0.25) is 0 Å². The van der Waals surface area contributed by atoms with Crippen LogP contribution in [0.15, 0.2) is 24.3 Å². The maximum atomic E-state index is 12.9. The van der Waals surface area contributed by atoms with Crippen molar-refractivity contribution in [2.45, 2.75) is 58.6 Å². The summed E-state index contributed by atoms with van der Waals surface area (Å²) >= 11 is 0. The topological polar surface area (TPSA) is 29.5 Å². The predicted molar refractivity (Wildman–Crippen MR) is 85.2 cm³/mol. The molecule has 2 rings (SSSR count). The molecule has 1 aromatic carbocycles. The summed E-state index contributed by atoms with van der Waals surface area (Å²) in [7, 11) is 0. The van der Waals surface area contributed by atoms with Crippen LogP contribution in [0.2, 0.25) is 0 Å². The summed E-state index contributed by atoms with van der Waals surface area (Å²) < 4.78 is 18.4. The average Bonchev–Trinajstić information content (AvgIpc) is 2.39. The van der Waals surface area contributed by atoms with E-state index in [-0.39, 0.29) is 18.0 Å². The molecule has 1 heterocycles. The van der Waals surface area contributed by atoms with Gasteiger partial charge in [-0.3, -0.25) is 0 Å². The Bertz CT molecular complexity index is 507. The zero-order chi connectivity index (χ0) is 16.3. The molecular weight excluding hydrogens is 281 g/mol. The first-order valence-corrected chi connectivity index (χ1v) is 7.98.